The summed E-state index contributed by atoms with van der Waals surface area (Å²) in [5, 5.41) is 24.8. The van der Waals surface area contributed by atoms with Gasteiger partial charge in [-0.25, -0.2) is 4.68 Å². The molecule has 8 nitrogen and oxygen atoms in total. The number of aromatic nitrogens is 3. The molecule has 0 aliphatic heterocycles. The first kappa shape index (κ1) is 11.7. The Morgan fingerprint density at radius 3 is 2.78 bits per heavy atom. The van der Waals surface area contributed by atoms with Crippen molar-refractivity contribution in [2.45, 2.75) is 0 Å². The van der Waals surface area contributed by atoms with E-state index in [4.69, 9.17) is 0 Å². The van der Waals surface area contributed by atoms with Crippen molar-refractivity contribution in [1.29, 1.82) is 0 Å². The highest BCUT2D eigenvalue weighted by Gasteiger charge is 2.12. The Morgan fingerprint density at radius 2 is 2.17 bits per heavy atom. The van der Waals surface area contributed by atoms with Gasteiger partial charge in [0.2, 0.25) is 0 Å². The smallest absolute Gasteiger partial charge is 0.292 e. The van der Waals surface area contributed by atoms with Crippen molar-refractivity contribution in [3.8, 4) is 0 Å². The fourth-order valence-corrected chi connectivity index (χ4v) is 1.38. The lowest BCUT2D eigenvalue weighted by molar-refractivity contribution is -0.383. The molecule has 0 fully saturated rings. The van der Waals surface area contributed by atoms with Gasteiger partial charge in [-0.3, -0.25) is 10.1 Å². The summed E-state index contributed by atoms with van der Waals surface area (Å²) in [6.07, 6.45) is 4.34. The van der Waals surface area contributed by atoms with Crippen LogP contribution in [0, 0.1) is 10.1 Å². The van der Waals surface area contributed by atoms with Crippen molar-refractivity contribution in [3.63, 3.8) is 0 Å². The standard InChI is InChI=1S/C10H10N6O2/c1-11-9-3-2-8(4-10(9)16(17)18)5-14-15-6-12-13-7-15/h2-7,11H,1H3/b14-5+. The maximum Gasteiger partial charge on any atom is 0.292 e. The fraction of sp³-hybridized carbons (Fsp3) is 0.100. The first-order valence-corrected chi connectivity index (χ1v) is 5.06. The summed E-state index contributed by atoms with van der Waals surface area (Å²) >= 11 is 0. The summed E-state index contributed by atoms with van der Waals surface area (Å²) < 4.78 is 1.40. The summed E-state index contributed by atoms with van der Waals surface area (Å²) in [5.74, 6) is 0. The predicted molar refractivity (Wildman–Crippen MR) is 65.7 cm³/mol. The van der Waals surface area contributed by atoms with Gasteiger partial charge in [-0.05, 0) is 6.07 Å². The van der Waals surface area contributed by atoms with Crippen LogP contribution in [0.25, 0.3) is 0 Å². The van der Waals surface area contributed by atoms with Crippen LogP contribution in [0.15, 0.2) is 36.0 Å². The zero-order valence-electron chi connectivity index (χ0n) is 9.52. The summed E-state index contributed by atoms with van der Waals surface area (Å²) in [6, 6.07) is 4.80. The summed E-state index contributed by atoms with van der Waals surface area (Å²) in [5.41, 5.74) is 1.08. The minimum atomic E-state index is -0.443. The highest BCUT2D eigenvalue weighted by atomic mass is 16.6. The van der Waals surface area contributed by atoms with Gasteiger partial charge in [-0.1, -0.05) is 6.07 Å². The molecule has 0 aliphatic rings. The monoisotopic (exact) mass is 246 g/mol. The summed E-state index contributed by atoms with van der Waals surface area (Å²) in [6.45, 7) is 0. The summed E-state index contributed by atoms with van der Waals surface area (Å²) in [4.78, 5) is 10.4. The average Bonchev–Trinajstić information content (AvgIpc) is 2.89. The molecule has 0 saturated heterocycles. The van der Waals surface area contributed by atoms with Gasteiger partial charge in [0, 0.05) is 18.7 Å². The van der Waals surface area contributed by atoms with Gasteiger partial charge in [-0.15, -0.1) is 10.2 Å². The highest BCUT2D eigenvalue weighted by Crippen LogP contribution is 2.24. The molecular weight excluding hydrogens is 236 g/mol. The topological polar surface area (TPSA) is 98.2 Å². The van der Waals surface area contributed by atoms with E-state index in [-0.39, 0.29) is 5.69 Å². The molecule has 0 radical (unpaired) electrons. The second-order valence-corrected chi connectivity index (χ2v) is 3.37. The molecular formula is C10H10N6O2. The van der Waals surface area contributed by atoms with Crippen molar-refractivity contribution in [3.05, 3.63) is 46.5 Å². The molecule has 0 aliphatic carbocycles. The molecule has 0 spiro atoms. The molecule has 0 saturated carbocycles. The van der Waals surface area contributed by atoms with Gasteiger partial charge < -0.3 is 5.32 Å². The van der Waals surface area contributed by atoms with Gasteiger partial charge in [0.05, 0.1) is 11.1 Å². The highest BCUT2D eigenvalue weighted by molar-refractivity contribution is 5.82. The first-order chi connectivity index (χ1) is 8.70. The number of hydrogen-bond acceptors (Lipinski definition) is 6. The largest absolute Gasteiger partial charge is 0.383 e. The number of nitro groups is 1. The van der Waals surface area contributed by atoms with E-state index in [2.05, 4.69) is 20.6 Å². The summed E-state index contributed by atoms with van der Waals surface area (Å²) in [7, 11) is 1.63. The third-order valence-corrected chi connectivity index (χ3v) is 2.23. The SMILES string of the molecule is CNc1ccc(/C=N/n2cnnc2)cc1[N+](=O)[O-]. The normalized spacial score (nSPS) is 10.7. The average molecular weight is 246 g/mol. The van der Waals surface area contributed by atoms with Crippen molar-refractivity contribution in [1.82, 2.24) is 14.9 Å². The van der Waals surface area contributed by atoms with Gasteiger partial charge in [0.15, 0.2) is 0 Å². The van der Waals surface area contributed by atoms with Crippen LogP contribution in [0.5, 0.6) is 0 Å². The van der Waals surface area contributed by atoms with E-state index < -0.39 is 4.92 Å². The van der Waals surface area contributed by atoms with E-state index in [9.17, 15) is 10.1 Å². The van der Waals surface area contributed by atoms with Gasteiger partial charge in [-0.2, -0.15) is 5.10 Å². The molecule has 8 heteroatoms. The van der Waals surface area contributed by atoms with Crippen LogP contribution >= 0.6 is 0 Å². The maximum absolute atomic E-state index is 10.9. The second-order valence-electron chi connectivity index (χ2n) is 3.37. The fourth-order valence-electron chi connectivity index (χ4n) is 1.38. The van der Waals surface area contributed by atoms with Gasteiger partial charge >= 0.3 is 0 Å². The molecule has 0 unspecified atom stereocenters. The van der Waals surface area contributed by atoms with Crippen molar-refractivity contribution in [2.24, 2.45) is 5.10 Å². The van der Waals surface area contributed by atoms with Crippen LogP contribution < -0.4 is 5.32 Å². The van der Waals surface area contributed by atoms with Crippen LogP contribution in [-0.4, -0.2) is 33.1 Å². The van der Waals surface area contributed by atoms with Crippen LogP contribution in [0.2, 0.25) is 0 Å². The second kappa shape index (κ2) is 5.04. The molecule has 0 bridgehead atoms. The van der Waals surface area contributed by atoms with Gasteiger partial charge in [0.25, 0.3) is 5.69 Å². The zero-order chi connectivity index (χ0) is 13.0. The Balaban J connectivity index is 2.30. The number of nitrogens with zero attached hydrogens (tertiary/aromatic N) is 5. The van der Waals surface area contributed by atoms with Crippen molar-refractivity contribution in [2.75, 3.05) is 12.4 Å². The van der Waals surface area contributed by atoms with E-state index in [1.165, 1.54) is 29.6 Å². The van der Waals surface area contributed by atoms with Crippen molar-refractivity contribution < 1.29 is 4.92 Å². The Morgan fingerprint density at radius 1 is 1.44 bits per heavy atom. The zero-order valence-corrected chi connectivity index (χ0v) is 9.52. The van der Waals surface area contributed by atoms with E-state index in [0.29, 0.717) is 11.3 Å². The molecule has 1 aromatic heterocycles. The molecule has 0 atom stereocenters. The van der Waals surface area contributed by atoms with E-state index >= 15 is 0 Å². The Hall–Kier alpha value is -2.77. The molecule has 92 valence electrons. The Labute approximate surface area is 102 Å². The minimum absolute atomic E-state index is 0.00482. The Bertz CT molecular complexity index is 578. The lowest BCUT2D eigenvalue weighted by Crippen LogP contribution is -1.98. The number of rotatable bonds is 4. The van der Waals surface area contributed by atoms with E-state index in [1.807, 2.05) is 0 Å². The quantitative estimate of drug-likeness (QED) is 0.495. The van der Waals surface area contributed by atoms with E-state index in [1.54, 1.807) is 19.2 Å². The van der Waals surface area contributed by atoms with Crippen LogP contribution in [0.4, 0.5) is 11.4 Å². The van der Waals surface area contributed by atoms with Crippen LogP contribution in [0.3, 0.4) is 0 Å². The van der Waals surface area contributed by atoms with E-state index in [0.717, 1.165) is 0 Å². The Kier molecular flexibility index (Phi) is 3.28. The number of anilines is 1. The molecule has 0 amide bonds. The number of hydrogen-bond donors (Lipinski definition) is 1. The molecule has 1 aromatic carbocycles. The molecule has 2 rings (SSSR count). The lowest BCUT2D eigenvalue weighted by atomic mass is 10.2. The van der Waals surface area contributed by atoms with Crippen molar-refractivity contribution >= 4 is 17.6 Å². The molecule has 1 heterocycles. The number of nitro benzene ring substituents is 1. The molecule has 1 N–H and O–H groups in total. The first-order valence-electron chi connectivity index (χ1n) is 5.06. The number of nitrogens with one attached hydrogen (secondary N) is 1. The lowest BCUT2D eigenvalue weighted by Gasteiger charge is -2.02. The maximum atomic E-state index is 10.9. The number of benzene rings is 1. The minimum Gasteiger partial charge on any atom is -0.383 e. The van der Waals surface area contributed by atoms with Gasteiger partial charge in [0.1, 0.15) is 18.3 Å². The third kappa shape index (κ3) is 2.48. The van der Waals surface area contributed by atoms with Crippen LogP contribution in [-0.2, 0) is 0 Å². The predicted octanol–water partition coefficient (Wildman–Crippen LogP) is 1.11. The molecule has 18 heavy (non-hydrogen) atoms. The van der Waals surface area contributed by atoms with Crippen LogP contribution in [0.1, 0.15) is 5.56 Å². The third-order valence-electron chi connectivity index (χ3n) is 2.23. The molecule has 2 aromatic rings.